The van der Waals surface area contributed by atoms with E-state index < -0.39 is 0 Å². The number of halogens is 1. The largest absolute Gasteiger partial charge is 0.497 e. The standard InChI is InChI=1S/C22H28ClN3O2/c1-4-26(12-13-27-2)11-5-10-24-22-18-8-6-16(23)14-21(18)25-20-9-7-17(28-3)15-19(20)22/h6-9,14-15H,4-5,10-13H2,1-3H3,(H,24,25). The van der Waals surface area contributed by atoms with Crippen LogP contribution in [0.15, 0.2) is 36.4 Å². The molecule has 0 spiro atoms. The van der Waals surface area contributed by atoms with Crippen LogP contribution < -0.4 is 10.1 Å². The first-order chi connectivity index (χ1) is 13.7. The summed E-state index contributed by atoms with van der Waals surface area (Å²) in [6.07, 6.45) is 1.04. The van der Waals surface area contributed by atoms with Gasteiger partial charge in [-0.1, -0.05) is 18.5 Å². The normalized spacial score (nSPS) is 11.5. The Morgan fingerprint density at radius 2 is 1.89 bits per heavy atom. The van der Waals surface area contributed by atoms with Crippen molar-refractivity contribution in [2.24, 2.45) is 0 Å². The second-order valence-electron chi connectivity index (χ2n) is 6.74. The van der Waals surface area contributed by atoms with E-state index in [1.54, 1.807) is 14.2 Å². The lowest BCUT2D eigenvalue weighted by Gasteiger charge is -2.20. The fourth-order valence-electron chi connectivity index (χ4n) is 3.38. The maximum absolute atomic E-state index is 6.19. The topological polar surface area (TPSA) is 46.6 Å². The number of likely N-dealkylation sites (N-methyl/N-ethyl adjacent to an activating group) is 1. The fraction of sp³-hybridized carbons (Fsp3) is 0.409. The van der Waals surface area contributed by atoms with Gasteiger partial charge in [-0.25, -0.2) is 4.98 Å². The van der Waals surface area contributed by atoms with Crippen LogP contribution in [-0.4, -0.2) is 56.9 Å². The van der Waals surface area contributed by atoms with Crippen LogP contribution in [0.4, 0.5) is 5.69 Å². The number of pyridine rings is 1. The van der Waals surface area contributed by atoms with Crippen LogP contribution in [0, 0.1) is 0 Å². The maximum Gasteiger partial charge on any atom is 0.119 e. The van der Waals surface area contributed by atoms with E-state index in [-0.39, 0.29) is 0 Å². The molecule has 0 bridgehead atoms. The number of benzene rings is 2. The summed E-state index contributed by atoms with van der Waals surface area (Å²) in [4.78, 5) is 7.18. The number of rotatable bonds is 10. The number of nitrogens with one attached hydrogen (secondary N) is 1. The molecule has 0 aliphatic rings. The van der Waals surface area contributed by atoms with Crippen molar-refractivity contribution in [2.45, 2.75) is 13.3 Å². The van der Waals surface area contributed by atoms with Crippen molar-refractivity contribution in [2.75, 3.05) is 52.3 Å². The van der Waals surface area contributed by atoms with Gasteiger partial charge in [-0.15, -0.1) is 0 Å². The zero-order chi connectivity index (χ0) is 19.9. The van der Waals surface area contributed by atoms with Crippen LogP contribution in [0.2, 0.25) is 5.02 Å². The molecule has 0 saturated heterocycles. The molecule has 1 N–H and O–H groups in total. The number of anilines is 1. The lowest BCUT2D eigenvalue weighted by atomic mass is 10.1. The minimum absolute atomic E-state index is 0.690. The average Bonchev–Trinajstić information content (AvgIpc) is 2.72. The molecule has 0 unspecified atom stereocenters. The first-order valence-corrected chi connectivity index (χ1v) is 10.1. The molecular weight excluding hydrogens is 374 g/mol. The van der Waals surface area contributed by atoms with Gasteiger partial charge in [0.25, 0.3) is 0 Å². The van der Waals surface area contributed by atoms with E-state index in [4.69, 9.17) is 26.1 Å². The Balaban J connectivity index is 1.84. The summed E-state index contributed by atoms with van der Waals surface area (Å²) in [5.74, 6) is 0.822. The van der Waals surface area contributed by atoms with Crippen molar-refractivity contribution >= 4 is 39.1 Å². The highest BCUT2D eigenvalue weighted by Gasteiger charge is 2.11. The summed E-state index contributed by atoms with van der Waals surface area (Å²) in [6.45, 7) is 6.84. The number of hydrogen-bond acceptors (Lipinski definition) is 5. The highest BCUT2D eigenvalue weighted by atomic mass is 35.5. The number of ether oxygens (including phenoxy) is 2. The summed E-state index contributed by atoms with van der Waals surface area (Å²) < 4.78 is 10.6. The van der Waals surface area contributed by atoms with Gasteiger partial charge in [0.2, 0.25) is 0 Å². The number of nitrogens with zero attached hydrogens (tertiary/aromatic N) is 2. The van der Waals surface area contributed by atoms with Crippen molar-refractivity contribution in [1.82, 2.24) is 9.88 Å². The van der Waals surface area contributed by atoms with Crippen molar-refractivity contribution in [3.8, 4) is 5.75 Å². The Morgan fingerprint density at radius 1 is 1.04 bits per heavy atom. The van der Waals surface area contributed by atoms with Crippen LogP contribution in [0.5, 0.6) is 5.75 Å². The van der Waals surface area contributed by atoms with Gasteiger partial charge < -0.3 is 19.7 Å². The molecule has 0 atom stereocenters. The van der Waals surface area contributed by atoms with E-state index in [0.29, 0.717) is 5.02 Å². The molecule has 2 aromatic carbocycles. The third-order valence-electron chi connectivity index (χ3n) is 4.95. The summed E-state index contributed by atoms with van der Waals surface area (Å²) >= 11 is 6.19. The van der Waals surface area contributed by atoms with Gasteiger partial charge in [-0.3, -0.25) is 0 Å². The predicted octanol–water partition coefficient (Wildman–Crippen LogP) is 4.82. The molecule has 3 aromatic rings. The lowest BCUT2D eigenvalue weighted by Crippen LogP contribution is -2.29. The summed E-state index contributed by atoms with van der Waals surface area (Å²) in [6, 6.07) is 11.8. The zero-order valence-electron chi connectivity index (χ0n) is 16.8. The summed E-state index contributed by atoms with van der Waals surface area (Å²) in [7, 11) is 3.43. The van der Waals surface area contributed by atoms with Crippen LogP contribution in [0.3, 0.4) is 0 Å². The van der Waals surface area contributed by atoms with Crippen LogP contribution in [-0.2, 0) is 4.74 Å². The molecule has 6 heteroatoms. The van der Waals surface area contributed by atoms with Gasteiger partial charge in [0.1, 0.15) is 5.75 Å². The smallest absolute Gasteiger partial charge is 0.119 e. The highest BCUT2D eigenvalue weighted by molar-refractivity contribution is 6.31. The second-order valence-corrected chi connectivity index (χ2v) is 7.18. The summed E-state index contributed by atoms with van der Waals surface area (Å²) in [5, 5.41) is 6.45. The maximum atomic E-state index is 6.19. The molecular formula is C22H28ClN3O2. The van der Waals surface area contributed by atoms with Crippen molar-refractivity contribution in [1.29, 1.82) is 0 Å². The molecule has 150 valence electrons. The van der Waals surface area contributed by atoms with E-state index >= 15 is 0 Å². The van der Waals surface area contributed by atoms with E-state index in [0.717, 1.165) is 72.4 Å². The van der Waals surface area contributed by atoms with Crippen LogP contribution in [0.25, 0.3) is 21.8 Å². The van der Waals surface area contributed by atoms with Gasteiger partial charge >= 0.3 is 0 Å². The average molecular weight is 402 g/mol. The quantitative estimate of drug-likeness (QED) is 0.390. The molecule has 1 heterocycles. The number of aromatic nitrogens is 1. The zero-order valence-corrected chi connectivity index (χ0v) is 17.6. The monoisotopic (exact) mass is 401 g/mol. The van der Waals surface area contributed by atoms with Crippen molar-refractivity contribution < 1.29 is 9.47 Å². The molecule has 3 rings (SSSR count). The first kappa shape index (κ1) is 20.6. The van der Waals surface area contributed by atoms with Crippen molar-refractivity contribution in [3.05, 3.63) is 41.4 Å². The van der Waals surface area contributed by atoms with Crippen LogP contribution in [0.1, 0.15) is 13.3 Å². The molecule has 0 aliphatic carbocycles. The molecule has 28 heavy (non-hydrogen) atoms. The van der Waals surface area contributed by atoms with E-state index in [1.165, 1.54) is 0 Å². The van der Waals surface area contributed by atoms with Gasteiger partial charge in [-0.05, 0) is 55.9 Å². The Morgan fingerprint density at radius 3 is 2.64 bits per heavy atom. The Labute approximate surface area is 171 Å². The van der Waals surface area contributed by atoms with E-state index in [9.17, 15) is 0 Å². The first-order valence-electron chi connectivity index (χ1n) is 9.68. The SMILES string of the molecule is CCN(CCCNc1c2ccc(Cl)cc2nc2ccc(OC)cc12)CCOC. The molecule has 0 amide bonds. The summed E-state index contributed by atoms with van der Waals surface area (Å²) in [5.41, 5.74) is 2.90. The minimum Gasteiger partial charge on any atom is -0.497 e. The number of fused-ring (bicyclic) bond motifs is 2. The number of hydrogen-bond donors (Lipinski definition) is 1. The highest BCUT2D eigenvalue weighted by Crippen LogP contribution is 2.34. The van der Waals surface area contributed by atoms with Crippen molar-refractivity contribution in [3.63, 3.8) is 0 Å². The molecule has 0 aliphatic heterocycles. The minimum atomic E-state index is 0.690. The van der Waals surface area contributed by atoms with Gasteiger partial charge in [0.15, 0.2) is 0 Å². The third kappa shape index (κ3) is 4.85. The molecule has 0 radical (unpaired) electrons. The molecule has 1 aromatic heterocycles. The van der Waals surface area contributed by atoms with Gasteiger partial charge in [-0.2, -0.15) is 0 Å². The van der Waals surface area contributed by atoms with E-state index in [2.05, 4.69) is 17.1 Å². The van der Waals surface area contributed by atoms with Gasteiger partial charge in [0, 0.05) is 36.0 Å². The fourth-order valence-corrected chi connectivity index (χ4v) is 3.54. The van der Waals surface area contributed by atoms with Crippen LogP contribution >= 0.6 is 11.6 Å². The Kier molecular flexibility index (Phi) is 7.31. The Hall–Kier alpha value is -2.08. The second kappa shape index (κ2) is 9.92. The molecule has 0 fully saturated rings. The Bertz CT molecular complexity index is 932. The predicted molar refractivity (Wildman–Crippen MR) is 118 cm³/mol. The van der Waals surface area contributed by atoms with Gasteiger partial charge in [0.05, 0.1) is 30.4 Å². The lowest BCUT2D eigenvalue weighted by molar-refractivity contribution is 0.150. The third-order valence-corrected chi connectivity index (χ3v) is 5.19. The van der Waals surface area contributed by atoms with E-state index in [1.807, 2.05) is 36.4 Å². The number of methoxy groups -OCH3 is 2. The molecule has 5 nitrogen and oxygen atoms in total. The molecule has 0 saturated carbocycles.